The number of nitrogens with zero attached hydrogens (tertiary/aromatic N) is 4. The Hall–Kier alpha value is -1.63. The lowest BCUT2D eigenvalue weighted by atomic mass is 10.3. The predicted octanol–water partition coefficient (Wildman–Crippen LogP) is 4.91. The molecule has 0 atom stereocenters. The first-order valence-electron chi connectivity index (χ1n) is 8.77. The van der Waals surface area contributed by atoms with E-state index in [0.717, 1.165) is 35.9 Å². The summed E-state index contributed by atoms with van der Waals surface area (Å²) >= 11 is 14.2. The number of anilines is 4. The fraction of sp³-hybridized carbons (Fsp3) is 0.294. The number of halogens is 2. The van der Waals surface area contributed by atoms with Gasteiger partial charge in [0.25, 0.3) is 10.0 Å². The van der Waals surface area contributed by atoms with Gasteiger partial charge in [0, 0.05) is 25.5 Å². The molecule has 1 aliphatic carbocycles. The zero-order chi connectivity index (χ0) is 21.6. The second kappa shape index (κ2) is 8.13. The fourth-order valence-corrected chi connectivity index (χ4v) is 6.62. The summed E-state index contributed by atoms with van der Waals surface area (Å²) in [4.78, 5) is 1.58. The normalized spacial score (nSPS) is 14.3. The van der Waals surface area contributed by atoms with Gasteiger partial charge in [0.05, 0.1) is 33.1 Å². The van der Waals surface area contributed by atoms with Crippen molar-refractivity contribution in [2.75, 3.05) is 24.3 Å². The molecular formula is C17H17Cl2N5O3S3. The van der Waals surface area contributed by atoms with Crippen LogP contribution >= 0.6 is 46.3 Å². The van der Waals surface area contributed by atoms with Crippen LogP contribution < -0.4 is 10.2 Å². The quantitative estimate of drug-likeness (QED) is 0.470. The average molecular weight is 506 g/mol. The Morgan fingerprint density at radius 2 is 1.97 bits per heavy atom. The molecule has 1 fully saturated rings. The summed E-state index contributed by atoms with van der Waals surface area (Å²) in [6.45, 7) is 0. The van der Waals surface area contributed by atoms with Crippen LogP contribution in [0, 0.1) is 0 Å². The number of aromatic nitrogens is 2. The standard InChI is InChI=1S/C17H17Cl2N5O3S3/c1-23(12-8-28-17(14(12)25)30(26,27)24(2)9-6-7-9)16-15(21-29-22-16)20-11-5-3-4-10(18)13(11)19/h3-5,8-9,25H,6-7H2,1-2H3,(H,20,21). The molecule has 1 aromatic carbocycles. The summed E-state index contributed by atoms with van der Waals surface area (Å²) in [7, 11) is -0.554. The summed E-state index contributed by atoms with van der Waals surface area (Å²) in [5, 5.41) is 16.1. The van der Waals surface area contributed by atoms with Crippen molar-refractivity contribution in [3.63, 3.8) is 0 Å². The number of hydrogen-bond acceptors (Lipinski definition) is 9. The molecule has 0 saturated heterocycles. The Balaban J connectivity index is 1.64. The van der Waals surface area contributed by atoms with Crippen LogP contribution in [0.25, 0.3) is 0 Å². The minimum Gasteiger partial charge on any atom is -0.504 e. The van der Waals surface area contributed by atoms with Crippen LogP contribution in [0.3, 0.4) is 0 Å². The Morgan fingerprint density at radius 3 is 2.67 bits per heavy atom. The maximum atomic E-state index is 12.8. The van der Waals surface area contributed by atoms with Gasteiger partial charge >= 0.3 is 0 Å². The first-order chi connectivity index (χ1) is 14.2. The second-order valence-electron chi connectivity index (χ2n) is 6.73. The molecule has 30 heavy (non-hydrogen) atoms. The summed E-state index contributed by atoms with van der Waals surface area (Å²) in [6, 6.07) is 5.17. The van der Waals surface area contributed by atoms with E-state index in [0.29, 0.717) is 33.1 Å². The first kappa shape index (κ1) is 21.6. The monoisotopic (exact) mass is 505 g/mol. The van der Waals surface area contributed by atoms with E-state index >= 15 is 0 Å². The minimum atomic E-state index is -3.76. The van der Waals surface area contributed by atoms with E-state index in [9.17, 15) is 13.5 Å². The van der Waals surface area contributed by atoms with Gasteiger partial charge in [0.15, 0.2) is 21.6 Å². The van der Waals surface area contributed by atoms with E-state index in [4.69, 9.17) is 23.2 Å². The number of thiophene rings is 1. The molecule has 0 bridgehead atoms. The van der Waals surface area contributed by atoms with Crippen LogP contribution in [0.2, 0.25) is 10.0 Å². The molecule has 0 radical (unpaired) electrons. The SMILES string of the molecule is CN(c1csc(S(=O)(=O)N(C)C2CC2)c1O)c1nsnc1Nc1cccc(Cl)c1Cl. The highest BCUT2D eigenvalue weighted by Crippen LogP contribution is 2.45. The van der Waals surface area contributed by atoms with E-state index in [-0.39, 0.29) is 16.0 Å². The highest BCUT2D eigenvalue weighted by molar-refractivity contribution is 7.91. The van der Waals surface area contributed by atoms with Gasteiger partial charge in [-0.15, -0.1) is 11.3 Å². The number of nitrogens with one attached hydrogen (secondary N) is 1. The lowest BCUT2D eigenvalue weighted by molar-refractivity contribution is 0.445. The molecule has 0 amide bonds. The highest BCUT2D eigenvalue weighted by Gasteiger charge is 2.38. The van der Waals surface area contributed by atoms with E-state index in [1.54, 1.807) is 35.5 Å². The third-order valence-corrected chi connectivity index (χ3v) is 9.47. The van der Waals surface area contributed by atoms with E-state index in [1.807, 2.05) is 0 Å². The molecule has 2 heterocycles. The Bertz CT molecular complexity index is 1190. The lowest BCUT2D eigenvalue weighted by Crippen LogP contribution is -2.28. The first-order valence-corrected chi connectivity index (χ1v) is 12.6. The summed E-state index contributed by atoms with van der Waals surface area (Å²) in [5.41, 5.74) is 0.867. The van der Waals surface area contributed by atoms with Crippen LogP contribution in [0.5, 0.6) is 5.75 Å². The molecule has 8 nitrogen and oxygen atoms in total. The van der Waals surface area contributed by atoms with Crippen molar-refractivity contribution in [3.8, 4) is 5.75 Å². The largest absolute Gasteiger partial charge is 0.504 e. The molecule has 1 saturated carbocycles. The molecule has 2 N–H and O–H groups in total. The molecule has 1 aliphatic rings. The third-order valence-electron chi connectivity index (χ3n) is 4.74. The predicted molar refractivity (Wildman–Crippen MR) is 122 cm³/mol. The van der Waals surface area contributed by atoms with E-state index < -0.39 is 10.0 Å². The van der Waals surface area contributed by atoms with E-state index in [2.05, 4.69) is 14.1 Å². The van der Waals surface area contributed by atoms with Crippen molar-refractivity contribution in [2.24, 2.45) is 0 Å². The third kappa shape index (κ3) is 3.85. The number of sulfonamides is 1. The molecule has 0 spiro atoms. The summed E-state index contributed by atoms with van der Waals surface area (Å²) < 4.78 is 35.4. The van der Waals surface area contributed by atoms with Gasteiger partial charge < -0.3 is 15.3 Å². The molecule has 0 aliphatic heterocycles. The summed E-state index contributed by atoms with van der Waals surface area (Å²) in [5.74, 6) is 0.496. The lowest BCUT2D eigenvalue weighted by Gasteiger charge is -2.18. The molecule has 4 rings (SSSR count). The smallest absolute Gasteiger partial charge is 0.256 e. The van der Waals surface area contributed by atoms with Gasteiger partial charge in [-0.2, -0.15) is 13.1 Å². The topological polar surface area (TPSA) is 98.7 Å². The Morgan fingerprint density at radius 1 is 1.23 bits per heavy atom. The number of rotatable bonds is 7. The van der Waals surface area contributed by atoms with Crippen LogP contribution in [0.15, 0.2) is 27.8 Å². The van der Waals surface area contributed by atoms with Crippen LogP contribution in [-0.2, 0) is 10.0 Å². The van der Waals surface area contributed by atoms with Crippen molar-refractivity contribution in [1.29, 1.82) is 0 Å². The Kier molecular flexibility index (Phi) is 5.86. The molecule has 3 aromatic rings. The highest BCUT2D eigenvalue weighted by atomic mass is 35.5. The van der Waals surface area contributed by atoms with Crippen molar-refractivity contribution in [3.05, 3.63) is 33.6 Å². The van der Waals surface area contributed by atoms with Gasteiger partial charge in [-0.25, -0.2) is 8.42 Å². The van der Waals surface area contributed by atoms with Crippen LogP contribution in [0.1, 0.15) is 12.8 Å². The average Bonchev–Trinajstić information content (AvgIpc) is 3.33. The summed E-state index contributed by atoms with van der Waals surface area (Å²) in [6.07, 6.45) is 1.67. The molecule has 160 valence electrons. The Labute approximate surface area is 192 Å². The van der Waals surface area contributed by atoms with Gasteiger partial charge in [0.2, 0.25) is 0 Å². The molecular weight excluding hydrogens is 489 g/mol. The van der Waals surface area contributed by atoms with Crippen LogP contribution in [0.4, 0.5) is 23.0 Å². The molecule has 13 heteroatoms. The zero-order valence-corrected chi connectivity index (χ0v) is 19.8. The number of hydrogen-bond donors (Lipinski definition) is 2. The fourth-order valence-electron chi connectivity index (χ4n) is 2.84. The zero-order valence-electron chi connectivity index (χ0n) is 15.8. The van der Waals surface area contributed by atoms with Gasteiger partial charge in [-0.1, -0.05) is 29.3 Å². The van der Waals surface area contributed by atoms with E-state index in [1.165, 1.54) is 11.4 Å². The maximum absolute atomic E-state index is 12.8. The minimum absolute atomic E-state index is 0.00123. The van der Waals surface area contributed by atoms with Gasteiger partial charge in [-0.3, -0.25) is 0 Å². The van der Waals surface area contributed by atoms with Crippen molar-refractivity contribution < 1.29 is 13.5 Å². The number of benzene rings is 1. The molecule has 2 aromatic heterocycles. The van der Waals surface area contributed by atoms with Crippen LogP contribution in [-0.4, -0.2) is 46.7 Å². The van der Waals surface area contributed by atoms with Crippen molar-refractivity contribution >= 4 is 79.3 Å². The van der Waals surface area contributed by atoms with Gasteiger partial charge in [-0.05, 0) is 25.0 Å². The van der Waals surface area contributed by atoms with Crippen molar-refractivity contribution in [1.82, 2.24) is 13.1 Å². The second-order valence-corrected chi connectivity index (χ2v) is 11.1. The number of aromatic hydroxyl groups is 1. The van der Waals surface area contributed by atoms with Crippen molar-refractivity contribution in [2.45, 2.75) is 23.1 Å². The maximum Gasteiger partial charge on any atom is 0.256 e. The molecule has 0 unspecified atom stereocenters. The van der Waals surface area contributed by atoms with Gasteiger partial charge in [0.1, 0.15) is 0 Å².